The molecule has 132 valence electrons. The maximum Gasteiger partial charge on any atom is 0.296 e. The van der Waals surface area contributed by atoms with Crippen molar-refractivity contribution in [1.82, 2.24) is 10.3 Å². The van der Waals surface area contributed by atoms with E-state index in [0.717, 1.165) is 16.5 Å². The second-order valence-corrected chi connectivity index (χ2v) is 6.60. The summed E-state index contributed by atoms with van der Waals surface area (Å²) in [6, 6.07) is 12.3. The molecule has 1 unspecified atom stereocenters. The van der Waals surface area contributed by atoms with Crippen LogP contribution < -0.4 is 5.32 Å². The molecule has 2 N–H and O–H groups in total. The molecule has 2 aromatic heterocycles. The zero-order valence-electron chi connectivity index (χ0n) is 14.0. The normalized spacial score (nSPS) is 20.3. The van der Waals surface area contributed by atoms with Crippen LogP contribution in [0.5, 0.6) is 0 Å². The van der Waals surface area contributed by atoms with Crippen LogP contribution in [0.4, 0.5) is 0 Å². The van der Waals surface area contributed by atoms with Crippen LogP contribution in [0.1, 0.15) is 35.0 Å². The van der Waals surface area contributed by atoms with Gasteiger partial charge in [0.25, 0.3) is 11.7 Å². The lowest BCUT2D eigenvalue weighted by Gasteiger charge is -2.38. The number of ketones is 1. The number of rotatable bonds is 5. The first-order valence-electron chi connectivity index (χ1n) is 8.53. The van der Waals surface area contributed by atoms with Crippen molar-refractivity contribution < 1.29 is 19.1 Å². The topological polar surface area (TPSA) is 92.4 Å². The second kappa shape index (κ2) is 6.72. The van der Waals surface area contributed by atoms with Crippen molar-refractivity contribution in [1.29, 1.82) is 0 Å². The minimum absolute atomic E-state index is 0.00605. The van der Waals surface area contributed by atoms with Gasteiger partial charge in [-0.05, 0) is 48.6 Å². The molecule has 6 nitrogen and oxygen atoms in total. The number of carbonyl (C=O) groups excluding carboxylic acids is 2. The first-order valence-corrected chi connectivity index (χ1v) is 8.53. The third kappa shape index (κ3) is 3.11. The van der Waals surface area contributed by atoms with Gasteiger partial charge in [-0.2, -0.15) is 0 Å². The van der Waals surface area contributed by atoms with Crippen LogP contribution in [-0.4, -0.2) is 27.9 Å². The van der Waals surface area contributed by atoms with E-state index < -0.39 is 11.7 Å². The highest BCUT2D eigenvalue weighted by Gasteiger charge is 2.37. The average molecular weight is 350 g/mol. The molecule has 1 aliphatic carbocycles. The van der Waals surface area contributed by atoms with Gasteiger partial charge in [-0.3, -0.25) is 14.6 Å². The summed E-state index contributed by atoms with van der Waals surface area (Å²) < 4.78 is 5.02. The quantitative estimate of drug-likeness (QED) is 0.545. The fraction of sp³-hybridized carbons (Fsp3) is 0.250. The zero-order valence-corrected chi connectivity index (χ0v) is 14.0. The molecule has 0 saturated heterocycles. The number of nitrogens with zero attached hydrogens (tertiary/aromatic N) is 1. The van der Waals surface area contributed by atoms with Crippen molar-refractivity contribution in [3.63, 3.8) is 0 Å². The molecule has 0 radical (unpaired) electrons. The van der Waals surface area contributed by atoms with Gasteiger partial charge in [0.05, 0.1) is 23.9 Å². The number of hydrogen-bond donors (Lipinski definition) is 2. The fourth-order valence-corrected chi connectivity index (χ4v) is 3.36. The predicted molar refractivity (Wildman–Crippen MR) is 94.4 cm³/mol. The van der Waals surface area contributed by atoms with Crippen LogP contribution in [0.25, 0.3) is 10.9 Å². The van der Waals surface area contributed by atoms with Crippen LogP contribution >= 0.6 is 0 Å². The number of amides is 1. The van der Waals surface area contributed by atoms with Gasteiger partial charge in [0.1, 0.15) is 0 Å². The van der Waals surface area contributed by atoms with Crippen molar-refractivity contribution in [2.75, 3.05) is 0 Å². The Hall–Kier alpha value is -2.99. The van der Waals surface area contributed by atoms with E-state index >= 15 is 0 Å². The maximum atomic E-state index is 12.4. The van der Waals surface area contributed by atoms with Crippen molar-refractivity contribution in [2.45, 2.75) is 25.0 Å². The van der Waals surface area contributed by atoms with Crippen LogP contribution in [0.3, 0.4) is 0 Å². The van der Waals surface area contributed by atoms with Crippen molar-refractivity contribution >= 4 is 22.6 Å². The van der Waals surface area contributed by atoms with Crippen molar-refractivity contribution in [3.8, 4) is 0 Å². The summed E-state index contributed by atoms with van der Waals surface area (Å²) >= 11 is 0. The summed E-state index contributed by atoms with van der Waals surface area (Å²) in [5.74, 6) is -1.37. The number of fused-ring (bicyclic) bond motifs is 1. The Morgan fingerprint density at radius 2 is 2.00 bits per heavy atom. The Morgan fingerprint density at radius 1 is 1.19 bits per heavy atom. The smallest absolute Gasteiger partial charge is 0.296 e. The largest absolute Gasteiger partial charge is 0.461 e. The van der Waals surface area contributed by atoms with Gasteiger partial charge in [-0.15, -0.1) is 0 Å². The number of para-hydroxylation sites is 1. The number of aliphatic hydroxyl groups excluding tert-OH is 1. The molecule has 0 bridgehead atoms. The molecular formula is C20H18N2O4. The highest BCUT2D eigenvalue weighted by molar-refractivity contribution is 6.42. The molecule has 1 aromatic carbocycles. The molecule has 1 amide bonds. The first kappa shape index (κ1) is 16.5. The molecule has 2 heterocycles. The van der Waals surface area contributed by atoms with Crippen LogP contribution in [0.15, 0.2) is 59.3 Å². The van der Waals surface area contributed by atoms with Crippen LogP contribution in [-0.2, 0) is 4.79 Å². The van der Waals surface area contributed by atoms with Crippen molar-refractivity contribution in [2.24, 2.45) is 5.92 Å². The molecule has 4 rings (SSSR count). The lowest BCUT2D eigenvalue weighted by atomic mass is 9.75. The van der Waals surface area contributed by atoms with Gasteiger partial charge in [0, 0.05) is 11.6 Å². The number of carbonyl (C=O) groups is 2. The van der Waals surface area contributed by atoms with E-state index in [1.165, 1.54) is 12.3 Å². The number of benzene rings is 1. The standard InChI is InChI=1S/C20H18N2O4/c23-15-9-13(10-15)18(22-20(25)19(24)17-6-3-7-26-17)14-8-12-4-1-2-5-16(12)21-11-14/h1-8,11,13,15,18,23H,9-10H2,(H,22,25). The molecule has 3 aromatic rings. The highest BCUT2D eigenvalue weighted by Crippen LogP contribution is 2.38. The first-order chi connectivity index (χ1) is 12.6. The van der Waals surface area contributed by atoms with E-state index in [4.69, 9.17) is 4.42 Å². The molecule has 1 fully saturated rings. The van der Waals surface area contributed by atoms with Gasteiger partial charge in [0.15, 0.2) is 5.76 Å². The Balaban J connectivity index is 1.61. The summed E-state index contributed by atoms with van der Waals surface area (Å²) in [6.45, 7) is 0. The van der Waals surface area contributed by atoms with E-state index in [1.54, 1.807) is 12.3 Å². The minimum atomic E-state index is -0.723. The van der Waals surface area contributed by atoms with Gasteiger partial charge in [0.2, 0.25) is 0 Å². The lowest BCUT2D eigenvalue weighted by Crippen LogP contribution is -2.43. The third-order valence-electron chi connectivity index (χ3n) is 4.83. The fourth-order valence-electron chi connectivity index (χ4n) is 3.36. The Bertz CT molecular complexity index is 945. The number of hydrogen-bond acceptors (Lipinski definition) is 5. The van der Waals surface area contributed by atoms with Gasteiger partial charge >= 0.3 is 0 Å². The molecular weight excluding hydrogens is 332 g/mol. The Kier molecular flexibility index (Phi) is 4.26. The van der Waals surface area contributed by atoms with Gasteiger partial charge in [-0.25, -0.2) is 0 Å². The molecule has 6 heteroatoms. The number of nitrogens with one attached hydrogen (secondary N) is 1. The molecule has 1 saturated carbocycles. The highest BCUT2D eigenvalue weighted by atomic mass is 16.3. The summed E-state index contributed by atoms with van der Waals surface area (Å²) in [6.07, 6.45) is 3.86. The van der Waals surface area contributed by atoms with Crippen LogP contribution in [0, 0.1) is 5.92 Å². The molecule has 1 atom stereocenters. The number of furan rings is 1. The average Bonchev–Trinajstić information content (AvgIpc) is 3.17. The Labute approximate surface area is 149 Å². The molecule has 1 aliphatic rings. The summed E-state index contributed by atoms with van der Waals surface area (Å²) in [4.78, 5) is 29.1. The van der Waals surface area contributed by atoms with Gasteiger partial charge < -0.3 is 14.8 Å². The van der Waals surface area contributed by atoms with Crippen LogP contribution in [0.2, 0.25) is 0 Å². The number of Topliss-reactive ketones (excluding diaryl/α,β-unsaturated/α-hetero) is 1. The van der Waals surface area contributed by atoms with E-state index in [2.05, 4.69) is 10.3 Å². The SMILES string of the molecule is O=C(NC(c1cnc2ccccc2c1)C1CC(O)C1)C(=O)c1ccco1. The third-order valence-corrected chi connectivity index (χ3v) is 4.83. The summed E-state index contributed by atoms with van der Waals surface area (Å²) in [5, 5.41) is 13.4. The minimum Gasteiger partial charge on any atom is -0.461 e. The lowest BCUT2D eigenvalue weighted by molar-refractivity contribution is -0.119. The number of aliphatic hydroxyl groups is 1. The van der Waals surface area contributed by atoms with Crippen molar-refractivity contribution in [3.05, 3.63) is 66.2 Å². The molecule has 26 heavy (non-hydrogen) atoms. The monoisotopic (exact) mass is 350 g/mol. The maximum absolute atomic E-state index is 12.4. The van der Waals surface area contributed by atoms with E-state index in [1.807, 2.05) is 30.3 Å². The molecule has 0 aliphatic heterocycles. The van der Waals surface area contributed by atoms with Gasteiger partial charge in [-0.1, -0.05) is 18.2 Å². The number of aromatic nitrogens is 1. The van der Waals surface area contributed by atoms with E-state index in [-0.39, 0.29) is 23.8 Å². The summed E-state index contributed by atoms with van der Waals surface area (Å²) in [5.41, 5.74) is 1.68. The van der Waals surface area contributed by atoms with E-state index in [0.29, 0.717) is 12.8 Å². The molecule has 0 spiro atoms. The van der Waals surface area contributed by atoms with E-state index in [9.17, 15) is 14.7 Å². The number of pyridine rings is 1. The zero-order chi connectivity index (χ0) is 18.1. The second-order valence-electron chi connectivity index (χ2n) is 6.60. The Morgan fingerprint density at radius 3 is 2.73 bits per heavy atom. The predicted octanol–water partition coefficient (Wildman–Crippen LogP) is 2.64. The summed E-state index contributed by atoms with van der Waals surface area (Å²) in [7, 11) is 0.